The normalized spacial score (nSPS) is 19.5. The molecule has 3 aliphatic heterocycles. The SMILES string of the molecule is CCOC(=O)C1CCCN(C(=O)CN2N=C(c3nc(-c4ccc5c(c4)OCO5)no3)CCC2=O)C1. The average molecular weight is 483 g/mol. The monoisotopic (exact) mass is 483 g/mol. The zero-order valence-electron chi connectivity index (χ0n) is 19.3. The maximum atomic E-state index is 12.9. The maximum Gasteiger partial charge on any atom is 0.310 e. The number of benzene rings is 1. The molecular weight excluding hydrogens is 458 g/mol. The predicted octanol–water partition coefficient (Wildman–Crippen LogP) is 1.59. The molecule has 1 saturated heterocycles. The smallest absolute Gasteiger partial charge is 0.310 e. The number of likely N-dealkylation sites (tertiary alicyclic amines) is 1. The lowest BCUT2D eigenvalue weighted by Gasteiger charge is -2.33. The molecule has 12 heteroatoms. The van der Waals surface area contributed by atoms with Gasteiger partial charge in [0, 0.05) is 31.5 Å². The first-order chi connectivity index (χ1) is 17.0. The first-order valence-corrected chi connectivity index (χ1v) is 11.6. The molecule has 0 bridgehead atoms. The van der Waals surface area contributed by atoms with Gasteiger partial charge in [-0.15, -0.1) is 0 Å². The van der Waals surface area contributed by atoms with Crippen molar-refractivity contribution in [2.75, 3.05) is 33.0 Å². The van der Waals surface area contributed by atoms with E-state index in [2.05, 4.69) is 15.2 Å². The van der Waals surface area contributed by atoms with Crippen molar-refractivity contribution in [3.05, 3.63) is 24.1 Å². The fourth-order valence-electron chi connectivity index (χ4n) is 4.26. The quantitative estimate of drug-likeness (QED) is 0.561. The number of piperidine rings is 1. The van der Waals surface area contributed by atoms with E-state index in [9.17, 15) is 14.4 Å². The van der Waals surface area contributed by atoms with Crippen molar-refractivity contribution < 1.29 is 33.1 Å². The van der Waals surface area contributed by atoms with Crippen LogP contribution < -0.4 is 9.47 Å². The van der Waals surface area contributed by atoms with Crippen LogP contribution in [0.1, 0.15) is 38.5 Å². The number of hydrogen-bond donors (Lipinski definition) is 0. The summed E-state index contributed by atoms with van der Waals surface area (Å²) in [7, 11) is 0. The van der Waals surface area contributed by atoms with Gasteiger partial charge < -0.3 is 23.6 Å². The van der Waals surface area contributed by atoms with Crippen molar-refractivity contribution in [1.82, 2.24) is 20.0 Å². The van der Waals surface area contributed by atoms with E-state index in [0.29, 0.717) is 61.0 Å². The lowest BCUT2D eigenvalue weighted by molar-refractivity contribution is -0.152. The third-order valence-corrected chi connectivity index (χ3v) is 6.09. The van der Waals surface area contributed by atoms with Gasteiger partial charge in [0.05, 0.1) is 12.5 Å². The molecule has 1 aromatic carbocycles. The van der Waals surface area contributed by atoms with E-state index in [1.807, 2.05) is 0 Å². The molecular formula is C23H25N5O7. The highest BCUT2D eigenvalue weighted by molar-refractivity contribution is 6.01. The number of nitrogens with zero attached hydrogens (tertiary/aromatic N) is 5. The number of hydrogen-bond acceptors (Lipinski definition) is 10. The van der Waals surface area contributed by atoms with Gasteiger partial charge in [0.2, 0.25) is 24.4 Å². The molecule has 0 saturated carbocycles. The lowest BCUT2D eigenvalue weighted by atomic mass is 9.98. The van der Waals surface area contributed by atoms with Crippen LogP contribution in [0.25, 0.3) is 11.4 Å². The van der Waals surface area contributed by atoms with Crippen LogP contribution in [-0.2, 0) is 19.1 Å². The predicted molar refractivity (Wildman–Crippen MR) is 119 cm³/mol. The van der Waals surface area contributed by atoms with E-state index in [1.54, 1.807) is 30.0 Å². The topological polar surface area (TPSA) is 137 Å². The second-order valence-corrected chi connectivity index (χ2v) is 8.42. The third kappa shape index (κ3) is 4.81. The standard InChI is InChI=1S/C23H25N5O7/c1-2-32-23(31)15-4-3-9-27(11-15)20(30)12-28-19(29)8-6-16(25-28)22-24-21(26-35-22)14-5-7-17-18(10-14)34-13-33-17/h5,7,10,15H,2-4,6,8-9,11-13H2,1H3. The van der Waals surface area contributed by atoms with Crippen LogP contribution in [0.15, 0.2) is 27.8 Å². The number of carbonyl (C=O) groups excluding carboxylic acids is 3. The minimum absolute atomic E-state index is 0.163. The van der Waals surface area contributed by atoms with Crippen LogP contribution in [0.3, 0.4) is 0 Å². The fraction of sp³-hybridized carbons (Fsp3) is 0.478. The summed E-state index contributed by atoms with van der Waals surface area (Å²) < 4.78 is 21.2. The van der Waals surface area contributed by atoms with Crippen LogP contribution in [0.2, 0.25) is 0 Å². The van der Waals surface area contributed by atoms with Crippen LogP contribution >= 0.6 is 0 Å². The number of ether oxygens (including phenoxy) is 3. The number of amides is 2. The Labute approximate surface area is 200 Å². The largest absolute Gasteiger partial charge is 0.466 e. The molecule has 0 aliphatic carbocycles. The molecule has 184 valence electrons. The van der Waals surface area contributed by atoms with Gasteiger partial charge in [0.25, 0.3) is 5.89 Å². The van der Waals surface area contributed by atoms with Crippen LogP contribution in [0.5, 0.6) is 11.5 Å². The summed E-state index contributed by atoms with van der Waals surface area (Å²) in [4.78, 5) is 43.5. The minimum Gasteiger partial charge on any atom is -0.466 e. The minimum atomic E-state index is -0.350. The Morgan fingerprint density at radius 2 is 2.06 bits per heavy atom. The van der Waals surface area contributed by atoms with Gasteiger partial charge in [0.15, 0.2) is 11.5 Å². The first-order valence-electron chi connectivity index (χ1n) is 11.6. The van der Waals surface area contributed by atoms with Crippen molar-refractivity contribution in [3.8, 4) is 22.9 Å². The lowest BCUT2D eigenvalue weighted by Crippen LogP contribution is -2.47. The van der Waals surface area contributed by atoms with Gasteiger partial charge >= 0.3 is 5.97 Å². The van der Waals surface area contributed by atoms with Gasteiger partial charge in [0.1, 0.15) is 12.3 Å². The molecule has 5 rings (SSSR count). The molecule has 0 spiro atoms. The number of aromatic nitrogens is 2. The summed E-state index contributed by atoms with van der Waals surface area (Å²) in [6, 6.07) is 5.32. The summed E-state index contributed by atoms with van der Waals surface area (Å²) in [6.45, 7) is 2.80. The number of fused-ring (bicyclic) bond motifs is 1. The Kier molecular flexibility index (Phi) is 6.34. The molecule has 0 radical (unpaired) electrons. The summed E-state index contributed by atoms with van der Waals surface area (Å²) in [5, 5.41) is 9.49. The molecule has 3 aliphatic rings. The van der Waals surface area contributed by atoms with Crippen LogP contribution in [0.4, 0.5) is 0 Å². The van der Waals surface area contributed by atoms with Gasteiger partial charge in [-0.05, 0) is 38.0 Å². The Balaban J connectivity index is 1.27. The molecule has 1 atom stereocenters. The highest BCUT2D eigenvalue weighted by atomic mass is 16.7. The molecule has 1 unspecified atom stereocenters. The molecule has 2 amide bonds. The first kappa shape index (κ1) is 22.8. The molecule has 1 aromatic heterocycles. The fourth-order valence-corrected chi connectivity index (χ4v) is 4.26. The van der Waals surface area contributed by atoms with Crippen molar-refractivity contribution in [3.63, 3.8) is 0 Å². The average Bonchev–Trinajstić information content (AvgIpc) is 3.55. The highest BCUT2D eigenvalue weighted by Gasteiger charge is 2.32. The van der Waals surface area contributed by atoms with Crippen LogP contribution in [0, 0.1) is 5.92 Å². The molecule has 12 nitrogen and oxygen atoms in total. The van der Waals surface area contributed by atoms with E-state index < -0.39 is 0 Å². The third-order valence-electron chi connectivity index (χ3n) is 6.09. The van der Waals surface area contributed by atoms with Crippen LogP contribution in [-0.4, -0.2) is 76.6 Å². The van der Waals surface area contributed by atoms with E-state index in [4.69, 9.17) is 18.7 Å². The number of hydrazone groups is 1. The van der Waals surface area contributed by atoms with Gasteiger partial charge in [-0.2, -0.15) is 10.1 Å². The zero-order valence-corrected chi connectivity index (χ0v) is 19.3. The van der Waals surface area contributed by atoms with E-state index in [0.717, 1.165) is 5.01 Å². The van der Waals surface area contributed by atoms with Gasteiger partial charge in [-0.3, -0.25) is 14.4 Å². The Morgan fingerprint density at radius 3 is 2.91 bits per heavy atom. The van der Waals surface area contributed by atoms with Crippen molar-refractivity contribution in [2.45, 2.75) is 32.6 Å². The van der Waals surface area contributed by atoms with Gasteiger partial charge in [-0.1, -0.05) is 5.16 Å². The van der Waals surface area contributed by atoms with Crippen molar-refractivity contribution >= 4 is 23.5 Å². The zero-order chi connectivity index (χ0) is 24.4. The van der Waals surface area contributed by atoms with E-state index >= 15 is 0 Å². The summed E-state index contributed by atoms with van der Waals surface area (Å²) >= 11 is 0. The number of rotatable bonds is 6. The Morgan fingerprint density at radius 1 is 1.20 bits per heavy atom. The van der Waals surface area contributed by atoms with Crippen molar-refractivity contribution in [2.24, 2.45) is 11.0 Å². The highest BCUT2D eigenvalue weighted by Crippen LogP contribution is 2.35. The molecule has 4 heterocycles. The Hall–Kier alpha value is -3.96. The van der Waals surface area contributed by atoms with E-state index in [-0.39, 0.29) is 55.9 Å². The molecule has 0 N–H and O–H groups in total. The van der Waals surface area contributed by atoms with Gasteiger partial charge in [-0.25, -0.2) is 5.01 Å². The second-order valence-electron chi connectivity index (χ2n) is 8.42. The second kappa shape index (κ2) is 9.72. The van der Waals surface area contributed by atoms with Crippen molar-refractivity contribution in [1.29, 1.82) is 0 Å². The number of esters is 1. The maximum absolute atomic E-state index is 12.9. The summed E-state index contributed by atoms with van der Waals surface area (Å²) in [5.41, 5.74) is 1.12. The molecule has 2 aromatic rings. The molecule has 35 heavy (non-hydrogen) atoms. The summed E-state index contributed by atoms with van der Waals surface area (Å²) in [5.74, 6) is 0.588. The molecule has 1 fully saturated rings. The summed E-state index contributed by atoms with van der Waals surface area (Å²) in [6.07, 6.45) is 1.86. The van der Waals surface area contributed by atoms with E-state index in [1.165, 1.54) is 0 Å². The Bertz CT molecular complexity index is 1180. The number of carbonyl (C=O) groups is 3.